The number of hydrogen-bond donors (Lipinski definition) is 1. The molecule has 1 N–H and O–H groups in total. The van der Waals surface area contributed by atoms with Gasteiger partial charge in [0.05, 0.1) is 6.54 Å². The molecule has 3 rings (SSSR count). The molecule has 0 radical (unpaired) electrons. The third-order valence-corrected chi connectivity index (χ3v) is 6.63. The number of nitrogens with zero attached hydrogens (tertiary/aromatic N) is 2. The lowest BCUT2D eigenvalue weighted by molar-refractivity contribution is -0.133. The summed E-state index contributed by atoms with van der Waals surface area (Å²) in [5.74, 6) is -0.0648. The molecule has 0 saturated carbocycles. The molecule has 0 aliphatic rings. The molecule has 0 aliphatic heterocycles. The maximum atomic E-state index is 13.5. The van der Waals surface area contributed by atoms with Gasteiger partial charge in [0.25, 0.3) is 0 Å². The maximum absolute atomic E-state index is 13.5. The minimum Gasteiger partial charge on any atom is -0.332 e. The van der Waals surface area contributed by atoms with Crippen molar-refractivity contribution in [3.63, 3.8) is 0 Å². The lowest BCUT2D eigenvalue weighted by Gasteiger charge is -2.31. The normalized spacial score (nSPS) is 11.6. The highest BCUT2D eigenvalue weighted by Gasteiger charge is 2.25. The SMILES string of the molecule is CCc1cccc(NC(=O)N(CC(=O)N(Cc2ccccc2)Cc2cccs2)C(C)CC)c1. The highest BCUT2D eigenvalue weighted by molar-refractivity contribution is 7.09. The Hall–Kier alpha value is -3.12. The summed E-state index contributed by atoms with van der Waals surface area (Å²) in [7, 11) is 0. The van der Waals surface area contributed by atoms with E-state index in [1.165, 1.54) is 0 Å². The molecule has 0 saturated heterocycles. The fourth-order valence-electron chi connectivity index (χ4n) is 3.58. The average Bonchev–Trinajstić information content (AvgIpc) is 3.35. The molecule has 1 aromatic heterocycles. The lowest BCUT2D eigenvalue weighted by atomic mass is 10.1. The zero-order valence-corrected chi connectivity index (χ0v) is 20.5. The molecule has 3 aromatic rings. The zero-order chi connectivity index (χ0) is 23.6. The molecular formula is C27H33N3O2S. The van der Waals surface area contributed by atoms with Gasteiger partial charge in [-0.25, -0.2) is 4.79 Å². The zero-order valence-electron chi connectivity index (χ0n) is 19.7. The summed E-state index contributed by atoms with van der Waals surface area (Å²) in [5.41, 5.74) is 2.97. The Kier molecular flexibility index (Phi) is 9.07. The lowest BCUT2D eigenvalue weighted by Crippen LogP contribution is -2.47. The molecule has 1 heterocycles. The van der Waals surface area contributed by atoms with Crippen LogP contribution < -0.4 is 5.32 Å². The molecule has 3 amide bonds. The van der Waals surface area contributed by atoms with Gasteiger partial charge < -0.3 is 15.1 Å². The predicted octanol–water partition coefficient (Wildman–Crippen LogP) is 6.17. The third-order valence-electron chi connectivity index (χ3n) is 5.77. The number of thiophene rings is 1. The van der Waals surface area contributed by atoms with Gasteiger partial charge in [-0.15, -0.1) is 11.3 Å². The van der Waals surface area contributed by atoms with E-state index < -0.39 is 0 Å². The van der Waals surface area contributed by atoms with E-state index in [2.05, 4.69) is 12.2 Å². The molecule has 174 valence electrons. The third kappa shape index (κ3) is 7.19. The fourth-order valence-corrected chi connectivity index (χ4v) is 4.30. The van der Waals surface area contributed by atoms with Crippen LogP contribution in [-0.4, -0.2) is 34.3 Å². The summed E-state index contributed by atoms with van der Waals surface area (Å²) in [4.78, 5) is 31.3. The Labute approximate surface area is 201 Å². The van der Waals surface area contributed by atoms with Crippen molar-refractivity contribution in [2.75, 3.05) is 11.9 Å². The van der Waals surface area contributed by atoms with E-state index in [1.807, 2.05) is 90.9 Å². The topological polar surface area (TPSA) is 52.7 Å². The first-order chi connectivity index (χ1) is 16.0. The van der Waals surface area contributed by atoms with Crippen LogP contribution >= 0.6 is 11.3 Å². The second-order valence-corrected chi connectivity index (χ2v) is 9.22. The predicted molar refractivity (Wildman–Crippen MR) is 136 cm³/mol. The molecule has 33 heavy (non-hydrogen) atoms. The summed E-state index contributed by atoms with van der Waals surface area (Å²) in [6.07, 6.45) is 1.66. The molecule has 0 aliphatic carbocycles. The summed E-state index contributed by atoms with van der Waals surface area (Å²) in [6, 6.07) is 21.5. The maximum Gasteiger partial charge on any atom is 0.322 e. The first kappa shape index (κ1) is 24.5. The molecule has 6 heteroatoms. The molecular weight excluding hydrogens is 430 g/mol. The van der Waals surface area contributed by atoms with Crippen molar-refractivity contribution in [2.24, 2.45) is 0 Å². The first-order valence-corrected chi connectivity index (χ1v) is 12.4. The number of rotatable bonds is 10. The van der Waals surface area contributed by atoms with E-state index in [-0.39, 0.29) is 24.5 Å². The van der Waals surface area contributed by atoms with Gasteiger partial charge in [0.15, 0.2) is 0 Å². The van der Waals surface area contributed by atoms with Gasteiger partial charge in [-0.2, -0.15) is 0 Å². The van der Waals surface area contributed by atoms with Crippen LogP contribution in [-0.2, 0) is 24.3 Å². The monoisotopic (exact) mass is 463 g/mol. The van der Waals surface area contributed by atoms with E-state index in [0.717, 1.165) is 34.5 Å². The Balaban J connectivity index is 1.76. The van der Waals surface area contributed by atoms with Gasteiger partial charge >= 0.3 is 6.03 Å². The summed E-state index contributed by atoms with van der Waals surface area (Å²) in [6.45, 7) is 7.16. The minimum absolute atomic E-state index is 0.0342. The second kappa shape index (κ2) is 12.2. The highest BCUT2D eigenvalue weighted by Crippen LogP contribution is 2.17. The van der Waals surface area contributed by atoms with Crippen LogP contribution in [0.3, 0.4) is 0 Å². The highest BCUT2D eigenvalue weighted by atomic mass is 32.1. The summed E-state index contributed by atoms with van der Waals surface area (Å²) < 4.78 is 0. The first-order valence-electron chi connectivity index (χ1n) is 11.5. The number of anilines is 1. The van der Waals surface area contributed by atoms with E-state index in [1.54, 1.807) is 16.2 Å². The van der Waals surface area contributed by atoms with Gasteiger partial charge in [-0.1, -0.05) is 62.4 Å². The van der Waals surface area contributed by atoms with E-state index in [4.69, 9.17) is 0 Å². The minimum atomic E-state index is -0.248. The number of amides is 3. The van der Waals surface area contributed by atoms with E-state index in [0.29, 0.717) is 13.1 Å². The van der Waals surface area contributed by atoms with Crippen LogP contribution in [0.15, 0.2) is 72.1 Å². The second-order valence-electron chi connectivity index (χ2n) is 8.18. The van der Waals surface area contributed by atoms with Gasteiger partial charge in [0, 0.05) is 23.2 Å². The Morgan fingerprint density at radius 3 is 2.36 bits per heavy atom. The largest absolute Gasteiger partial charge is 0.332 e. The average molecular weight is 464 g/mol. The molecule has 0 spiro atoms. The number of carbonyl (C=O) groups excluding carboxylic acids is 2. The number of benzene rings is 2. The summed E-state index contributed by atoms with van der Waals surface area (Å²) in [5, 5.41) is 5.01. The van der Waals surface area contributed by atoms with Crippen LogP contribution in [0.1, 0.15) is 43.2 Å². The molecule has 2 aromatic carbocycles. The van der Waals surface area contributed by atoms with Crippen molar-refractivity contribution in [1.82, 2.24) is 9.80 Å². The van der Waals surface area contributed by atoms with Gasteiger partial charge in [0.1, 0.15) is 6.54 Å². The molecule has 1 unspecified atom stereocenters. The molecule has 0 fully saturated rings. The van der Waals surface area contributed by atoms with E-state index in [9.17, 15) is 9.59 Å². The number of hydrogen-bond acceptors (Lipinski definition) is 3. The number of carbonyl (C=O) groups is 2. The van der Waals surface area contributed by atoms with Crippen LogP contribution in [0, 0.1) is 0 Å². The van der Waals surface area contributed by atoms with Crippen molar-refractivity contribution < 1.29 is 9.59 Å². The van der Waals surface area contributed by atoms with Crippen LogP contribution in [0.5, 0.6) is 0 Å². The van der Waals surface area contributed by atoms with Crippen LogP contribution in [0.4, 0.5) is 10.5 Å². The summed E-state index contributed by atoms with van der Waals surface area (Å²) >= 11 is 1.63. The fraction of sp³-hybridized carbons (Fsp3) is 0.333. The van der Waals surface area contributed by atoms with Crippen molar-refractivity contribution >= 4 is 29.0 Å². The van der Waals surface area contributed by atoms with Gasteiger partial charge in [-0.05, 0) is 54.5 Å². The number of urea groups is 1. The quantitative estimate of drug-likeness (QED) is 0.391. The van der Waals surface area contributed by atoms with E-state index >= 15 is 0 Å². The van der Waals surface area contributed by atoms with Crippen LogP contribution in [0.25, 0.3) is 0 Å². The van der Waals surface area contributed by atoms with Crippen molar-refractivity contribution in [3.05, 3.63) is 88.1 Å². The van der Waals surface area contributed by atoms with Crippen molar-refractivity contribution in [3.8, 4) is 0 Å². The van der Waals surface area contributed by atoms with Crippen LogP contribution in [0.2, 0.25) is 0 Å². The standard InChI is InChI=1S/C27H33N3O2S/c1-4-21(3)30(27(32)28-24-14-9-13-22(5-2)17-24)20-26(31)29(19-25-15-10-16-33-25)18-23-11-7-6-8-12-23/h6-17,21H,4-5,18-20H2,1-3H3,(H,28,32). The molecule has 0 bridgehead atoms. The van der Waals surface area contributed by atoms with Gasteiger partial charge in [-0.3, -0.25) is 4.79 Å². The molecule has 5 nitrogen and oxygen atoms in total. The van der Waals surface area contributed by atoms with Crippen molar-refractivity contribution in [1.29, 1.82) is 0 Å². The smallest absolute Gasteiger partial charge is 0.322 e. The number of aryl methyl sites for hydroxylation is 1. The Morgan fingerprint density at radius 1 is 0.939 bits per heavy atom. The van der Waals surface area contributed by atoms with Crippen molar-refractivity contribution in [2.45, 2.75) is 52.7 Å². The number of nitrogens with one attached hydrogen (secondary N) is 1. The Bertz CT molecular complexity index is 1020. The molecule has 1 atom stereocenters. The Morgan fingerprint density at radius 2 is 1.70 bits per heavy atom. The van der Waals surface area contributed by atoms with Gasteiger partial charge in [0.2, 0.25) is 5.91 Å².